The van der Waals surface area contributed by atoms with Crippen LogP contribution in [0.5, 0.6) is 0 Å². The van der Waals surface area contributed by atoms with Crippen LogP contribution < -0.4 is 0 Å². The molecular formula is C6H12O7. The van der Waals surface area contributed by atoms with E-state index in [0.29, 0.717) is 0 Å². The Balaban J connectivity index is 4.07. The molecule has 13 heavy (non-hydrogen) atoms. The van der Waals surface area contributed by atoms with Crippen molar-refractivity contribution < 1.29 is 35.4 Å². The lowest BCUT2D eigenvalue weighted by atomic mass is 10.1. The van der Waals surface area contributed by atoms with Gasteiger partial charge in [0.05, 0.1) is 6.61 Å². The van der Waals surface area contributed by atoms with Crippen LogP contribution >= 0.6 is 0 Å². The van der Waals surface area contributed by atoms with Gasteiger partial charge in [-0.1, -0.05) is 0 Å². The van der Waals surface area contributed by atoms with Crippen molar-refractivity contribution in [1.29, 1.82) is 0 Å². The van der Waals surface area contributed by atoms with Crippen molar-refractivity contribution in [2.45, 2.75) is 18.3 Å². The van der Waals surface area contributed by atoms with Crippen LogP contribution in [-0.4, -0.2) is 63.0 Å². The number of rotatable bonds is 6. The molecule has 0 saturated carbocycles. The summed E-state index contributed by atoms with van der Waals surface area (Å²) < 4.78 is 0. The second kappa shape index (κ2) is 5.97. The number of hydrogen-bond acceptors (Lipinski definition) is 7. The van der Waals surface area contributed by atoms with Crippen LogP contribution in [0.25, 0.3) is 0 Å². The van der Waals surface area contributed by atoms with Crippen molar-refractivity contribution in [2.75, 3.05) is 13.2 Å². The molecule has 0 aromatic carbocycles. The van der Waals surface area contributed by atoms with E-state index >= 15 is 0 Å². The number of ketones is 1. The molecule has 0 saturated heterocycles. The lowest BCUT2D eigenvalue weighted by Crippen LogP contribution is -2.45. The van der Waals surface area contributed by atoms with E-state index in [0.717, 1.165) is 0 Å². The van der Waals surface area contributed by atoms with E-state index in [1.165, 1.54) is 0 Å². The third-order valence-corrected chi connectivity index (χ3v) is 1.44. The molecule has 0 aliphatic rings. The molecule has 0 rings (SSSR count). The summed E-state index contributed by atoms with van der Waals surface area (Å²) in [6.07, 6.45) is -5.31. The van der Waals surface area contributed by atoms with E-state index in [2.05, 4.69) is 4.89 Å². The Morgan fingerprint density at radius 1 is 1.31 bits per heavy atom. The minimum absolute atomic E-state index is 0.786. The third kappa shape index (κ3) is 3.77. The van der Waals surface area contributed by atoms with Crippen LogP contribution in [0.4, 0.5) is 0 Å². The van der Waals surface area contributed by atoms with Gasteiger partial charge in [-0.15, -0.1) is 0 Å². The first-order valence-corrected chi connectivity index (χ1v) is 3.48. The predicted molar refractivity (Wildman–Crippen MR) is 38.7 cm³/mol. The Morgan fingerprint density at radius 2 is 1.85 bits per heavy atom. The SMILES string of the molecule is O=C(COO)[C@@H](O)[C@H](O)[C@H](O)CO. The Labute approximate surface area is 73.7 Å². The number of aliphatic hydroxyl groups is 4. The predicted octanol–water partition coefficient (Wildman–Crippen LogP) is -2.88. The molecule has 5 N–H and O–H groups in total. The van der Waals surface area contributed by atoms with Gasteiger partial charge >= 0.3 is 0 Å². The molecule has 0 radical (unpaired) electrons. The van der Waals surface area contributed by atoms with Gasteiger partial charge in [-0.2, -0.15) is 0 Å². The highest BCUT2D eigenvalue weighted by Crippen LogP contribution is 2.01. The van der Waals surface area contributed by atoms with Gasteiger partial charge in [-0.05, 0) is 0 Å². The Hall–Kier alpha value is -0.570. The number of carbonyl (C=O) groups excluding carboxylic acids is 1. The lowest BCUT2D eigenvalue weighted by Gasteiger charge is -2.19. The van der Waals surface area contributed by atoms with E-state index in [1.807, 2.05) is 0 Å². The fraction of sp³-hybridized carbons (Fsp3) is 0.833. The maximum absolute atomic E-state index is 10.7. The number of Topliss-reactive ketones (excluding diaryl/α,β-unsaturated/α-hetero) is 1. The van der Waals surface area contributed by atoms with Gasteiger partial charge in [0.25, 0.3) is 0 Å². The van der Waals surface area contributed by atoms with Crippen molar-refractivity contribution in [2.24, 2.45) is 0 Å². The summed E-state index contributed by atoms with van der Waals surface area (Å²) in [7, 11) is 0. The molecule has 0 unspecified atom stereocenters. The van der Waals surface area contributed by atoms with Gasteiger partial charge in [0.1, 0.15) is 24.9 Å². The maximum atomic E-state index is 10.7. The van der Waals surface area contributed by atoms with Crippen molar-refractivity contribution in [3.8, 4) is 0 Å². The molecule has 7 heteroatoms. The minimum Gasteiger partial charge on any atom is -0.394 e. The zero-order chi connectivity index (χ0) is 10.4. The van der Waals surface area contributed by atoms with Gasteiger partial charge in [-0.25, -0.2) is 4.89 Å². The molecule has 0 aromatic rings. The van der Waals surface area contributed by atoms with E-state index in [-0.39, 0.29) is 0 Å². The highest BCUT2D eigenvalue weighted by Gasteiger charge is 2.29. The summed E-state index contributed by atoms with van der Waals surface area (Å²) in [5.41, 5.74) is 0. The van der Waals surface area contributed by atoms with Crippen molar-refractivity contribution in [1.82, 2.24) is 0 Å². The molecule has 0 spiro atoms. The smallest absolute Gasteiger partial charge is 0.192 e. The van der Waals surface area contributed by atoms with Crippen LogP contribution in [-0.2, 0) is 9.68 Å². The first-order valence-electron chi connectivity index (χ1n) is 3.48. The van der Waals surface area contributed by atoms with Crippen molar-refractivity contribution in [3.05, 3.63) is 0 Å². The van der Waals surface area contributed by atoms with Crippen molar-refractivity contribution >= 4 is 5.78 Å². The Bertz CT molecular complexity index is 159. The van der Waals surface area contributed by atoms with E-state index in [1.54, 1.807) is 0 Å². The van der Waals surface area contributed by atoms with E-state index < -0.39 is 37.3 Å². The van der Waals surface area contributed by atoms with Gasteiger partial charge in [-0.3, -0.25) is 10.1 Å². The standard InChI is InChI=1S/C6H12O7/c7-1-3(8)5(10)6(11)4(9)2-13-12/h3,5-8,10-12H,1-2H2/t3-,5-,6-/m1/s1. The fourth-order valence-corrected chi connectivity index (χ4v) is 0.658. The van der Waals surface area contributed by atoms with Crippen LogP contribution in [0.2, 0.25) is 0 Å². The van der Waals surface area contributed by atoms with E-state index in [9.17, 15) is 4.79 Å². The molecule has 0 amide bonds. The number of aliphatic hydroxyl groups excluding tert-OH is 4. The largest absolute Gasteiger partial charge is 0.394 e. The van der Waals surface area contributed by atoms with Gasteiger partial charge < -0.3 is 20.4 Å². The van der Waals surface area contributed by atoms with Crippen LogP contribution in [0.1, 0.15) is 0 Å². The molecular weight excluding hydrogens is 184 g/mol. The molecule has 0 heterocycles. The van der Waals surface area contributed by atoms with Crippen LogP contribution in [0, 0.1) is 0 Å². The lowest BCUT2D eigenvalue weighted by molar-refractivity contribution is -0.241. The summed E-state index contributed by atoms with van der Waals surface area (Å²) >= 11 is 0. The summed E-state index contributed by atoms with van der Waals surface area (Å²) in [4.78, 5) is 14.1. The summed E-state index contributed by atoms with van der Waals surface area (Å²) in [6, 6.07) is 0. The monoisotopic (exact) mass is 196 g/mol. The third-order valence-electron chi connectivity index (χ3n) is 1.44. The minimum atomic E-state index is -1.89. The first kappa shape index (κ1) is 12.4. The zero-order valence-corrected chi connectivity index (χ0v) is 6.70. The number of carbonyl (C=O) groups is 1. The fourth-order valence-electron chi connectivity index (χ4n) is 0.658. The second-order valence-electron chi connectivity index (χ2n) is 2.43. The van der Waals surface area contributed by atoms with Gasteiger partial charge in [0.15, 0.2) is 5.78 Å². The Kier molecular flexibility index (Phi) is 5.71. The summed E-state index contributed by atoms with van der Waals surface area (Å²) in [6.45, 7) is -1.58. The molecule has 0 bridgehead atoms. The van der Waals surface area contributed by atoms with Crippen LogP contribution in [0.3, 0.4) is 0 Å². The average molecular weight is 196 g/mol. The highest BCUT2D eigenvalue weighted by atomic mass is 17.1. The maximum Gasteiger partial charge on any atom is 0.192 e. The first-order chi connectivity index (χ1) is 6.04. The quantitative estimate of drug-likeness (QED) is 0.228. The normalized spacial score (nSPS) is 17.9. The van der Waals surface area contributed by atoms with E-state index in [4.69, 9.17) is 25.7 Å². The zero-order valence-electron chi connectivity index (χ0n) is 6.70. The van der Waals surface area contributed by atoms with Gasteiger partial charge in [0, 0.05) is 0 Å². The highest BCUT2D eigenvalue weighted by molar-refractivity contribution is 5.84. The summed E-state index contributed by atoms with van der Waals surface area (Å²) in [5.74, 6) is -0.998. The summed E-state index contributed by atoms with van der Waals surface area (Å²) in [5, 5.41) is 42.9. The molecule has 0 aliphatic carbocycles. The van der Waals surface area contributed by atoms with Gasteiger partial charge in [0.2, 0.25) is 0 Å². The second-order valence-corrected chi connectivity index (χ2v) is 2.43. The molecule has 78 valence electrons. The number of hydrogen-bond donors (Lipinski definition) is 5. The molecule has 0 fully saturated rings. The topological polar surface area (TPSA) is 127 Å². The molecule has 3 atom stereocenters. The molecule has 7 nitrogen and oxygen atoms in total. The van der Waals surface area contributed by atoms with Crippen LogP contribution in [0.15, 0.2) is 0 Å². The average Bonchev–Trinajstić information content (AvgIpc) is 2.14. The van der Waals surface area contributed by atoms with Crippen molar-refractivity contribution in [3.63, 3.8) is 0 Å². The molecule has 0 aliphatic heterocycles. The Morgan fingerprint density at radius 3 is 2.23 bits per heavy atom. The molecule has 0 aromatic heterocycles.